The van der Waals surface area contributed by atoms with E-state index in [1.807, 2.05) is 0 Å². The topological polar surface area (TPSA) is 116 Å². The standard InChI is InChI=1S/C20H25FN2O6/c1-20(2,3)29-19(28)22-15(18(26)27)11-12(21)7-6-10-23-16(24)13-8-4-5-9-14(13)17(23)25/h4-5,8-9,11,15-16,24H,6-7,10H2,1-3H3,(H,22,28)(H,26,27)/b12-11-/t15-,16?/m0/s1. The summed E-state index contributed by atoms with van der Waals surface area (Å²) in [6.07, 6.45) is -1.28. The lowest BCUT2D eigenvalue weighted by atomic mass is 10.1. The van der Waals surface area contributed by atoms with Crippen molar-refractivity contribution in [2.24, 2.45) is 0 Å². The number of aliphatic hydroxyl groups excluding tert-OH is 1. The highest BCUT2D eigenvalue weighted by Crippen LogP contribution is 2.31. The van der Waals surface area contributed by atoms with Gasteiger partial charge in [-0.15, -0.1) is 0 Å². The quantitative estimate of drug-likeness (QED) is 0.639. The molecular weight excluding hydrogens is 383 g/mol. The van der Waals surface area contributed by atoms with Crippen molar-refractivity contribution in [1.82, 2.24) is 10.2 Å². The van der Waals surface area contributed by atoms with E-state index in [9.17, 15) is 23.9 Å². The van der Waals surface area contributed by atoms with Gasteiger partial charge in [0.25, 0.3) is 5.91 Å². The largest absolute Gasteiger partial charge is 0.479 e. The molecule has 1 aromatic carbocycles. The summed E-state index contributed by atoms with van der Waals surface area (Å²) in [6.45, 7) is 4.94. The van der Waals surface area contributed by atoms with Crippen molar-refractivity contribution in [3.8, 4) is 0 Å². The third-order valence-corrected chi connectivity index (χ3v) is 4.13. The van der Waals surface area contributed by atoms with Crippen LogP contribution in [0.4, 0.5) is 9.18 Å². The summed E-state index contributed by atoms with van der Waals surface area (Å²) in [6, 6.07) is 5.08. The number of carbonyl (C=O) groups is 3. The number of fused-ring (bicyclic) bond motifs is 1. The first-order valence-corrected chi connectivity index (χ1v) is 9.16. The van der Waals surface area contributed by atoms with Gasteiger partial charge in [0.1, 0.15) is 5.60 Å². The number of nitrogens with one attached hydrogen (secondary N) is 1. The van der Waals surface area contributed by atoms with Crippen LogP contribution >= 0.6 is 0 Å². The third-order valence-electron chi connectivity index (χ3n) is 4.13. The second-order valence-corrected chi connectivity index (χ2v) is 7.64. The molecule has 8 nitrogen and oxygen atoms in total. The lowest BCUT2D eigenvalue weighted by molar-refractivity contribution is -0.138. The Morgan fingerprint density at radius 2 is 2.00 bits per heavy atom. The molecule has 0 aromatic heterocycles. The number of carbonyl (C=O) groups excluding carboxylic acids is 2. The molecule has 158 valence electrons. The smallest absolute Gasteiger partial charge is 0.408 e. The van der Waals surface area contributed by atoms with Gasteiger partial charge in [-0.2, -0.15) is 0 Å². The van der Waals surface area contributed by atoms with Crippen LogP contribution in [0.2, 0.25) is 0 Å². The number of aliphatic hydroxyl groups is 1. The molecule has 0 saturated carbocycles. The fourth-order valence-corrected chi connectivity index (χ4v) is 2.87. The summed E-state index contributed by atoms with van der Waals surface area (Å²) in [5.41, 5.74) is 0.0836. The van der Waals surface area contributed by atoms with Crippen LogP contribution in [0.5, 0.6) is 0 Å². The highest BCUT2D eigenvalue weighted by Gasteiger charge is 2.34. The van der Waals surface area contributed by atoms with Crippen LogP contribution in [-0.2, 0) is 9.53 Å². The van der Waals surface area contributed by atoms with Crippen molar-refractivity contribution in [2.45, 2.75) is 51.5 Å². The van der Waals surface area contributed by atoms with Crippen LogP contribution in [-0.4, -0.2) is 51.3 Å². The molecule has 2 rings (SSSR count). The van der Waals surface area contributed by atoms with Crippen LogP contribution in [0.1, 0.15) is 55.8 Å². The molecule has 1 aliphatic rings. The fraction of sp³-hybridized carbons (Fsp3) is 0.450. The van der Waals surface area contributed by atoms with Gasteiger partial charge in [0.05, 0.1) is 5.83 Å². The molecule has 0 spiro atoms. The Labute approximate surface area is 168 Å². The second kappa shape index (κ2) is 9.04. The highest BCUT2D eigenvalue weighted by atomic mass is 19.1. The van der Waals surface area contributed by atoms with Gasteiger partial charge in [-0.3, -0.25) is 4.79 Å². The first-order chi connectivity index (χ1) is 13.5. The number of alkyl carbamates (subject to hydrolysis) is 1. The number of allylic oxidation sites excluding steroid dienone is 1. The average molecular weight is 408 g/mol. The van der Waals surface area contributed by atoms with Gasteiger partial charge in [0, 0.05) is 24.1 Å². The van der Waals surface area contributed by atoms with Gasteiger partial charge in [-0.05, 0) is 39.3 Å². The Bertz CT molecular complexity index is 817. The molecular formula is C20H25FN2O6. The van der Waals surface area contributed by atoms with Crippen molar-refractivity contribution in [2.75, 3.05) is 6.54 Å². The van der Waals surface area contributed by atoms with Crippen LogP contribution in [0.15, 0.2) is 36.2 Å². The van der Waals surface area contributed by atoms with Crippen LogP contribution in [0.3, 0.4) is 0 Å². The zero-order chi connectivity index (χ0) is 21.8. The Hall–Kier alpha value is -2.94. The predicted octanol–water partition coefficient (Wildman–Crippen LogP) is 2.74. The lowest BCUT2D eigenvalue weighted by Crippen LogP contribution is -2.42. The van der Waals surface area contributed by atoms with Gasteiger partial charge < -0.3 is 25.2 Å². The molecule has 0 bridgehead atoms. The van der Waals surface area contributed by atoms with E-state index in [-0.39, 0.29) is 25.3 Å². The van der Waals surface area contributed by atoms with E-state index in [2.05, 4.69) is 5.32 Å². The number of benzene rings is 1. The minimum Gasteiger partial charge on any atom is -0.479 e. The molecule has 1 aliphatic heterocycles. The summed E-state index contributed by atoms with van der Waals surface area (Å²) in [4.78, 5) is 36.5. The Morgan fingerprint density at radius 1 is 1.34 bits per heavy atom. The molecule has 0 saturated heterocycles. The van der Waals surface area contributed by atoms with Crippen molar-refractivity contribution < 1.29 is 33.7 Å². The van der Waals surface area contributed by atoms with Gasteiger partial charge in [-0.1, -0.05) is 18.2 Å². The van der Waals surface area contributed by atoms with Crippen molar-refractivity contribution in [1.29, 1.82) is 0 Å². The molecule has 9 heteroatoms. The monoisotopic (exact) mass is 408 g/mol. The average Bonchev–Trinajstić information content (AvgIpc) is 2.84. The molecule has 3 N–H and O–H groups in total. The molecule has 29 heavy (non-hydrogen) atoms. The van der Waals surface area contributed by atoms with E-state index < -0.39 is 35.8 Å². The summed E-state index contributed by atoms with van der Waals surface area (Å²) in [5, 5.41) is 21.5. The van der Waals surface area contributed by atoms with E-state index in [0.29, 0.717) is 11.1 Å². The number of nitrogens with zero attached hydrogens (tertiary/aromatic N) is 1. The molecule has 1 heterocycles. The summed E-state index contributed by atoms with van der Waals surface area (Å²) in [7, 11) is 0. The van der Waals surface area contributed by atoms with E-state index in [4.69, 9.17) is 9.84 Å². The highest BCUT2D eigenvalue weighted by molar-refractivity contribution is 5.98. The predicted molar refractivity (Wildman–Crippen MR) is 102 cm³/mol. The van der Waals surface area contributed by atoms with Crippen molar-refractivity contribution in [3.05, 3.63) is 47.3 Å². The van der Waals surface area contributed by atoms with Crippen molar-refractivity contribution >= 4 is 18.0 Å². The number of carboxylic acid groups (broad SMARTS) is 1. The number of carboxylic acids is 1. The normalized spacial score (nSPS) is 17.7. The van der Waals surface area contributed by atoms with E-state index >= 15 is 0 Å². The number of amides is 2. The number of hydrogen-bond acceptors (Lipinski definition) is 5. The number of rotatable bonds is 7. The zero-order valence-corrected chi connectivity index (χ0v) is 16.5. The minimum absolute atomic E-state index is 0.0904. The fourth-order valence-electron chi connectivity index (χ4n) is 2.87. The van der Waals surface area contributed by atoms with Gasteiger partial charge in [-0.25, -0.2) is 14.0 Å². The number of hydrogen-bond donors (Lipinski definition) is 3. The minimum atomic E-state index is -1.59. The van der Waals surface area contributed by atoms with Gasteiger partial charge in [0.15, 0.2) is 12.3 Å². The SMILES string of the molecule is CC(C)(C)OC(=O)N[C@@H](/C=C(\F)CCCN1C(=O)c2ccccc2C1O)C(=O)O. The van der Waals surface area contributed by atoms with E-state index in [1.54, 1.807) is 45.0 Å². The Morgan fingerprint density at radius 3 is 2.59 bits per heavy atom. The van der Waals surface area contributed by atoms with E-state index in [0.717, 1.165) is 6.08 Å². The second-order valence-electron chi connectivity index (χ2n) is 7.64. The molecule has 0 aliphatic carbocycles. The molecule has 2 atom stereocenters. The number of halogens is 1. The molecule has 1 aromatic rings. The first-order valence-electron chi connectivity index (χ1n) is 9.16. The summed E-state index contributed by atoms with van der Waals surface area (Å²) in [5.74, 6) is -2.54. The van der Waals surface area contributed by atoms with Gasteiger partial charge >= 0.3 is 12.1 Å². The van der Waals surface area contributed by atoms with Crippen molar-refractivity contribution in [3.63, 3.8) is 0 Å². The maximum absolute atomic E-state index is 14.2. The Balaban J connectivity index is 1.91. The first kappa shape index (κ1) is 22.4. The van der Waals surface area contributed by atoms with Crippen LogP contribution in [0, 0.1) is 0 Å². The number of ether oxygens (including phenoxy) is 1. The molecule has 0 radical (unpaired) electrons. The summed E-state index contributed by atoms with van der Waals surface area (Å²) < 4.78 is 19.1. The molecule has 0 fully saturated rings. The third kappa shape index (κ3) is 6.02. The van der Waals surface area contributed by atoms with E-state index in [1.165, 1.54) is 4.90 Å². The molecule has 1 unspecified atom stereocenters. The lowest BCUT2D eigenvalue weighted by Gasteiger charge is -2.21. The van der Waals surface area contributed by atoms with Crippen LogP contribution < -0.4 is 5.32 Å². The number of aliphatic carboxylic acids is 1. The Kier molecular flexibility index (Phi) is 6.97. The van der Waals surface area contributed by atoms with Gasteiger partial charge in [0.2, 0.25) is 0 Å². The molecule has 2 amide bonds. The maximum Gasteiger partial charge on any atom is 0.408 e. The van der Waals surface area contributed by atoms with Crippen LogP contribution in [0.25, 0.3) is 0 Å². The summed E-state index contributed by atoms with van der Waals surface area (Å²) >= 11 is 0. The maximum atomic E-state index is 14.2. The zero-order valence-electron chi connectivity index (χ0n) is 16.5.